The normalized spacial score (nSPS) is 10.9. The minimum Gasteiger partial charge on any atom is -0.250 e. The highest BCUT2D eigenvalue weighted by atomic mass is 15.0. The molecule has 0 amide bonds. The predicted octanol–water partition coefficient (Wildman–Crippen LogP) is 5.96. The van der Waals surface area contributed by atoms with Crippen LogP contribution in [-0.4, -0.2) is 4.98 Å². The molecular weight excluding hydrogens is 292 g/mol. The smallest absolute Gasteiger partial charge is 0.231 e. The largest absolute Gasteiger partial charge is 0.250 e. The molecule has 130 valence electrons. The predicted molar refractivity (Wildman–Crippen MR) is 102 cm³/mol. The summed E-state index contributed by atoms with van der Waals surface area (Å²) in [6.45, 7) is 3.37. The van der Waals surface area contributed by atoms with Crippen LogP contribution in [0.25, 0.3) is 11.4 Å². The summed E-state index contributed by atoms with van der Waals surface area (Å²) in [6.07, 6.45) is 17.9. The zero-order valence-corrected chi connectivity index (χ0v) is 15.3. The van der Waals surface area contributed by atoms with Gasteiger partial charge in [-0.3, -0.25) is 0 Å². The van der Waals surface area contributed by atoms with Crippen molar-refractivity contribution in [3.63, 3.8) is 0 Å². The molecule has 0 bridgehead atoms. The number of unbranched alkanes of at least 4 members (excludes halogenated alkanes) is 9. The van der Waals surface area contributed by atoms with Gasteiger partial charge in [0.2, 0.25) is 5.69 Å². The Morgan fingerprint density at radius 2 is 1.42 bits per heavy atom. The molecule has 2 heteroatoms. The van der Waals surface area contributed by atoms with Gasteiger partial charge in [0, 0.05) is 24.8 Å². The van der Waals surface area contributed by atoms with Crippen LogP contribution < -0.4 is 4.57 Å². The fourth-order valence-electron chi connectivity index (χ4n) is 3.19. The fourth-order valence-corrected chi connectivity index (χ4v) is 3.19. The summed E-state index contributed by atoms with van der Waals surface area (Å²) >= 11 is 0. The first-order valence-electron chi connectivity index (χ1n) is 9.81. The van der Waals surface area contributed by atoms with Gasteiger partial charge in [0.1, 0.15) is 12.2 Å². The van der Waals surface area contributed by atoms with E-state index in [2.05, 4.69) is 53.0 Å². The Bertz CT molecular complexity index is 551. The highest BCUT2D eigenvalue weighted by Gasteiger charge is 2.12. The van der Waals surface area contributed by atoms with Gasteiger partial charge in [-0.25, -0.2) is 4.98 Å². The lowest BCUT2D eigenvalue weighted by molar-refractivity contribution is -0.686. The van der Waals surface area contributed by atoms with Gasteiger partial charge in [-0.05, 0) is 24.6 Å². The van der Waals surface area contributed by atoms with Crippen molar-refractivity contribution in [3.05, 3.63) is 48.8 Å². The van der Waals surface area contributed by atoms with Gasteiger partial charge >= 0.3 is 0 Å². The molecule has 0 aliphatic carbocycles. The van der Waals surface area contributed by atoms with Crippen LogP contribution in [0.1, 0.15) is 71.1 Å². The molecule has 24 heavy (non-hydrogen) atoms. The second-order valence-corrected chi connectivity index (χ2v) is 6.68. The van der Waals surface area contributed by atoms with E-state index in [9.17, 15) is 0 Å². The summed E-state index contributed by atoms with van der Waals surface area (Å²) < 4.78 is 2.34. The lowest BCUT2D eigenvalue weighted by Gasteiger charge is -2.04. The van der Waals surface area contributed by atoms with Gasteiger partial charge < -0.3 is 0 Å². The number of aryl methyl sites for hydroxylation is 1. The van der Waals surface area contributed by atoms with Crippen LogP contribution in [0.4, 0.5) is 0 Å². The molecule has 0 aliphatic heterocycles. The summed E-state index contributed by atoms with van der Waals surface area (Å²) in [5.74, 6) is 0. The molecule has 0 radical (unpaired) electrons. The Morgan fingerprint density at radius 3 is 2.08 bits per heavy atom. The van der Waals surface area contributed by atoms with Gasteiger partial charge in [-0.2, -0.15) is 4.57 Å². The first-order chi connectivity index (χ1) is 11.9. The minimum absolute atomic E-state index is 1.06. The summed E-state index contributed by atoms with van der Waals surface area (Å²) in [7, 11) is 0. The number of rotatable bonds is 12. The molecule has 2 rings (SSSR count). The fraction of sp³-hybridized carbons (Fsp3) is 0.545. The van der Waals surface area contributed by atoms with E-state index in [1.807, 2.05) is 12.3 Å². The molecular formula is C22H33N2+. The zero-order valence-electron chi connectivity index (χ0n) is 15.3. The average molecular weight is 326 g/mol. The number of aromatic nitrogens is 2. The van der Waals surface area contributed by atoms with E-state index >= 15 is 0 Å². The summed E-state index contributed by atoms with van der Waals surface area (Å²) in [5.41, 5.74) is 2.28. The molecule has 0 unspecified atom stereocenters. The standard InChI is InChI=1S/C22H33N2/c1-2-3-4-5-6-7-8-9-10-14-19-24-20-15-12-17-22(24)21-16-11-13-18-23-21/h11-13,15-18,20H,2-10,14,19H2,1H3/q+1. The van der Waals surface area contributed by atoms with Gasteiger partial charge in [0.05, 0.1) is 0 Å². The highest BCUT2D eigenvalue weighted by molar-refractivity contribution is 5.49. The van der Waals surface area contributed by atoms with Crippen molar-refractivity contribution in [1.82, 2.24) is 4.98 Å². The van der Waals surface area contributed by atoms with Gasteiger partial charge in [-0.1, -0.05) is 64.4 Å². The molecule has 0 fully saturated rings. The molecule has 2 nitrogen and oxygen atoms in total. The first kappa shape index (κ1) is 18.6. The number of pyridine rings is 2. The molecule has 0 atom stereocenters. The highest BCUT2D eigenvalue weighted by Crippen LogP contribution is 2.13. The third-order valence-corrected chi connectivity index (χ3v) is 4.62. The molecule has 0 aliphatic rings. The average Bonchev–Trinajstić information content (AvgIpc) is 2.64. The minimum atomic E-state index is 1.06. The molecule has 0 saturated carbocycles. The van der Waals surface area contributed by atoms with E-state index in [1.54, 1.807) is 0 Å². The van der Waals surface area contributed by atoms with Crippen LogP contribution in [0.2, 0.25) is 0 Å². The Morgan fingerprint density at radius 1 is 0.750 bits per heavy atom. The number of hydrogen-bond donors (Lipinski definition) is 0. The van der Waals surface area contributed by atoms with E-state index in [-0.39, 0.29) is 0 Å². The van der Waals surface area contributed by atoms with Gasteiger partial charge in [0.15, 0.2) is 6.20 Å². The van der Waals surface area contributed by atoms with Crippen molar-refractivity contribution in [3.8, 4) is 11.4 Å². The molecule has 2 aromatic rings. The third kappa shape index (κ3) is 6.82. The van der Waals surface area contributed by atoms with Crippen LogP contribution in [0.3, 0.4) is 0 Å². The Labute approximate surface area is 148 Å². The molecule has 0 spiro atoms. The summed E-state index contributed by atoms with van der Waals surface area (Å²) in [5, 5.41) is 0. The monoisotopic (exact) mass is 325 g/mol. The maximum absolute atomic E-state index is 4.49. The van der Waals surface area contributed by atoms with Crippen molar-refractivity contribution in [1.29, 1.82) is 0 Å². The zero-order chi connectivity index (χ0) is 16.9. The first-order valence-corrected chi connectivity index (χ1v) is 9.81. The van der Waals surface area contributed by atoms with Gasteiger partial charge in [-0.15, -0.1) is 0 Å². The maximum Gasteiger partial charge on any atom is 0.231 e. The lowest BCUT2D eigenvalue weighted by atomic mass is 10.1. The van der Waals surface area contributed by atoms with E-state index < -0.39 is 0 Å². The van der Waals surface area contributed by atoms with E-state index in [0.29, 0.717) is 0 Å². The Hall–Kier alpha value is -1.70. The van der Waals surface area contributed by atoms with Crippen molar-refractivity contribution >= 4 is 0 Å². The van der Waals surface area contributed by atoms with Crippen molar-refractivity contribution in [2.45, 2.75) is 77.7 Å². The second kappa shape index (κ2) is 11.8. The molecule has 0 saturated heterocycles. The quantitative estimate of drug-likeness (QED) is 0.348. The van der Waals surface area contributed by atoms with Gasteiger partial charge in [0.25, 0.3) is 0 Å². The lowest BCUT2D eigenvalue weighted by Crippen LogP contribution is -2.35. The van der Waals surface area contributed by atoms with E-state index in [1.165, 1.54) is 69.9 Å². The van der Waals surface area contributed by atoms with Crippen molar-refractivity contribution in [2.75, 3.05) is 0 Å². The molecule has 2 aromatic heterocycles. The molecule has 2 heterocycles. The summed E-state index contributed by atoms with van der Waals surface area (Å²) in [4.78, 5) is 4.49. The maximum atomic E-state index is 4.49. The van der Waals surface area contributed by atoms with Crippen LogP contribution >= 0.6 is 0 Å². The number of nitrogens with zero attached hydrogens (tertiary/aromatic N) is 2. The van der Waals surface area contributed by atoms with Crippen molar-refractivity contribution in [2.24, 2.45) is 0 Å². The number of hydrogen-bond acceptors (Lipinski definition) is 1. The SMILES string of the molecule is CCCCCCCCCCCC[n+]1ccccc1-c1ccccn1. The van der Waals surface area contributed by atoms with Crippen molar-refractivity contribution < 1.29 is 4.57 Å². The third-order valence-electron chi connectivity index (χ3n) is 4.62. The molecule has 0 aromatic carbocycles. The van der Waals surface area contributed by atoms with Crippen LogP contribution in [0.5, 0.6) is 0 Å². The Kier molecular flexibility index (Phi) is 9.15. The van der Waals surface area contributed by atoms with E-state index in [4.69, 9.17) is 0 Å². The van der Waals surface area contributed by atoms with E-state index in [0.717, 1.165) is 12.2 Å². The second-order valence-electron chi connectivity index (χ2n) is 6.68. The van der Waals surface area contributed by atoms with Crippen LogP contribution in [0.15, 0.2) is 48.8 Å². The summed E-state index contributed by atoms with van der Waals surface area (Å²) in [6, 6.07) is 12.5. The van der Waals surface area contributed by atoms with Crippen LogP contribution in [0, 0.1) is 0 Å². The van der Waals surface area contributed by atoms with Crippen LogP contribution in [-0.2, 0) is 6.54 Å². The molecule has 0 N–H and O–H groups in total. The topological polar surface area (TPSA) is 16.8 Å². The Balaban J connectivity index is 1.65.